The first kappa shape index (κ1) is 9.26. The molecule has 0 unspecified atom stereocenters. The molecule has 0 radical (unpaired) electrons. The molecule has 2 rings (SSSR count). The molecule has 0 amide bonds. The third-order valence-corrected chi connectivity index (χ3v) is 1.82. The maximum absolute atomic E-state index is 5.29. The monoisotopic (exact) mass is 202 g/mol. The van der Waals surface area contributed by atoms with Gasteiger partial charge >= 0.3 is 0 Å². The van der Waals surface area contributed by atoms with Crippen LogP contribution < -0.4 is 11.5 Å². The fraction of sp³-hybridized carbons (Fsp3) is 0. The molecule has 0 saturated heterocycles. The molecular formula is C10H10N4O. The van der Waals surface area contributed by atoms with Crippen LogP contribution in [0.1, 0.15) is 0 Å². The van der Waals surface area contributed by atoms with E-state index in [0.717, 1.165) is 5.56 Å². The number of rotatable bonds is 2. The second kappa shape index (κ2) is 3.83. The molecule has 15 heavy (non-hydrogen) atoms. The minimum atomic E-state index is 0.0321. The summed E-state index contributed by atoms with van der Waals surface area (Å²) in [5.41, 5.74) is 12.1. The van der Waals surface area contributed by atoms with Crippen LogP contribution in [0.2, 0.25) is 0 Å². The Morgan fingerprint density at radius 3 is 2.87 bits per heavy atom. The summed E-state index contributed by atoms with van der Waals surface area (Å²) in [5, 5.41) is 0. The lowest BCUT2D eigenvalue weighted by Gasteiger charge is -1.98. The molecule has 1 aromatic carbocycles. The predicted octanol–water partition coefficient (Wildman–Crippen LogP) is 1.25. The van der Waals surface area contributed by atoms with Crippen molar-refractivity contribution in [2.24, 2.45) is 16.5 Å². The summed E-state index contributed by atoms with van der Waals surface area (Å²) in [6, 6.07) is 7.37. The van der Waals surface area contributed by atoms with Crippen molar-refractivity contribution in [2.45, 2.75) is 0 Å². The van der Waals surface area contributed by atoms with Gasteiger partial charge in [-0.3, -0.25) is 0 Å². The van der Waals surface area contributed by atoms with Gasteiger partial charge in [0.25, 0.3) is 0 Å². The van der Waals surface area contributed by atoms with Crippen LogP contribution in [-0.4, -0.2) is 10.9 Å². The van der Waals surface area contributed by atoms with E-state index >= 15 is 0 Å². The second-order valence-electron chi connectivity index (χ2n) is 2.95. The third-order valence-electron chi connectivity index (χ3n) is 1.82. The summed E-state index contributed by atoms with van der Waals surface area (Å²) >= 11 is 0. The molecule has 0 fully saturated rings. The molecule has 0 bridgehead atoms. The van der Waals surface area contributed by atoms with Gasteiger partial charge in [-0.25, -0.2) is 9.98 Å². The Bertz CT molecular complexity index is 472. The summed E-state index contributed by atoms with van der Waals surface area (Å²) in [6.07, 6.45) is 3.01. The first-order valence-corrected chi connectivity index (χ1v) is 4.34. The molecule has 0 aliphatic carbocycles. The van der Waals surface area contributed by atoms with E-state index < -0.39 is 0 Å². The lowest BCUT2D eigenvalue weighted by atomic mass is 10.2. The van der Waals surface area contributed by atoms with Gasteiger partial charge in [0.15, 0.2) is 18.1 Å². The zero-order chi connectivity index (χ0) is 10.7. The molecule has 5 heteroatoms. The van der Waals surface area contributed by atoms with E-state index in [4.69, 9.17) is 15.9 Å². The highest BCUT2D eigenvalue weighted by atomic mass is 16.3. The van der Waals surface area contributed by atoms with Crippen LogP contribution >= 0.6 is 0 Å². The molecule has 0 spiro atoms. The molecule has 5 nitrogen and oxygen atoms in total. The molecule has 76 valence electrons. The fourth-order valence-electron chi connectivity index (χ4n) is 1.24. The summed E-state index contributed by atoms with van der Waals surface area (Å²) in [6.45, 7) is 0. The van der Waals surface area contributed by atoms with Gasteiger partial charge in [0.1, 0.15) is 0 Å². The Morgan fingerprint density at radius 1 is 1.33 bits per heavy atom. The number of hydrogen-bond donors (Lipinski definition) is 2. The number of aliphatic imine (C=N–C) groups is 1. The van der Waals surface area contributed by atoms with E-state index in [-0.39, 0.29) is 5.96 Å². The van der Waals surface area contributed by atoms with Gasteiger partial charge in [-0.15, -0.1) is 0 Å². The smallest absolute Gasteiger partial charge is 0.191 e. The standard InChI is InChI=1S/C10H10N4O/c11-10(12)14-8-3-1-2-7(4-8)9-5-13-6-15-9/h1-6H,(H4,11,12,14). The number of benzene rings is 1. The highest BCUT2D eigenvalue weighted by Gasteiger charge is 2.01. The van der Waals surface area contributed by atoms with Gasteiger partial charge < -0.3 is 15.9 Å². The van der Waals surface area contributed by atoms with Gasteiger partial charge in [0.05, 0.1) is 11.9 Å². The van der Waals surface area contributed by atoms with Gasteiger partial charge in [-0.2, -0.15) is 0 Å². The molecule has 0 aliphatic heterocycles. The van der Waals surface area contributed by atoms with Crippen LogP contribution in [0.25, 0.3) is 11.3 Å². The highest BCUT2D eigenvalue weighted by molar-refractivity contribution is 5.79. The minimum absolute atomic E-state index is 0.0321. The summed E-state index contributed by atoms with van der Waals surface area (Å²) in [5.74, 6) is 0.715. The van der Waals surface area contributed by atoms with Crippen molar-refractivity contribution in [1.82, 2.24) is 4.98 Å². The van der Waals surface area contributed by atoms with Crippen LogP contribution in [0.3, 0.4) is 0 Å². The molecule has 2 aromatic rings. The van der Waals surface area contributed by atoms with E-state index in [0.29, 0.717) is 11.4 Å². The average molecular weight is 202 g/mol. The Labute approximate surface area is 86.4 Å². The van der Waals surface area contributed by atoms with Crippen LogP contribution in [0.5, 0.6) is 0 Å². The third kappa shape index (κ3) is 2.14. The molecular weight excluding hydrogens is 192 g/mol. The first-order chi connectivity index (χ1) is 7.25. The van der Waals surface area contributed by atoms with Crippen LogP contribution in [0, 0.1) is 0 Å². The van der Waals surface area contributed by atoms with Gasteiger partial charge in [0, 0.05) is 5.56 Å². The maximum Gasteiger partial charge on any atom is 0.191 e. The summed E-state index contributed by atoms with van der Waals surface area (Å²) < 4.78 is 5.16. The molecule has 1 heterocycles. The number of nitrogens with two attached hydrogens (primary N) is 2. The number of nitrogens with zero attached hydrogens (tertiary/aromatic N) is 2. The van der Waals surface area contributed by atoms with Crippen molar-refractivity contribution in [3.8, 4) is 11.3 Å². The normalized spacial score (nSPS) is 9.87. The van der Waals surface area contributed by atoms with Gasteiger partial charge in [-0.1, -0.05) is 12.1 Å². The Balaban J connectivity index is 2.39. The van der Waals surface area contributed by atoms with Crippen LogP contribution in [0.4, 0.5) is 5.69 Å². The number of oxazole rings is 1. The van der Waals surface area contributed by atoms with E-state index in [1.54, 1.807) is 12.3 Å². The second-order valence-corrected chi connectivity index (χ2v) is 2.95. The van der Waals surface area contributed by atoms with Gasteiger partial charge in [0.2, 0.25) is 0 Å². The van der Waals surface area contributed by atoms with Crippen molar-refractivity contribution in [3.63, 3.8) is 0 Å². The van der Waals surface area contributed by atoms with Crippen LogP contribution in [0.15, 0.2) is 46.3 Å². The SMILES string of the molecule is NC(N)=Nc1cccc(-c2cnco2)c1. The van der Waals surface area contributed by atoms with Crippen molar-refractivity contribution >= 4 is 11.6 Å². The van der Waals surface area contributed by atoms with Crippen molar-refractivity contribution < 1.29 is 4.42 Å². The quantitative estimate of drug-likeness (QED) is 0.566. The fourth-order valence-corrected chi connectivity index (χ4v) is 1.24. The lowest BCUT2D eigenvalue weighted by Crippen LogP contribution is -2.21. The van der Waals surface area contributed by atoms with E-state index in [1.807, 2.05) is 18.2 Å². The molecule has 0 saturated carbocycles. The maximum atomic E-state index is 5.29. The summed E-state index contributed by atoms with van der Waals surface area (Å²) in [7, 11) is 0. The summed E-state index contributed by atoms with van der Waals surface area (Å²) in [4.78, 5) is 7.78. The van der Waals surface area contributed by atoms with E-state index in [2.05, 4.69) is 9.98 Å². The van der Waals surface area contributed by atoms with Crippen LogP contribution in [-0.2, 0) is 0 Å². The molecule has 0 atom stereocenters. The minimum Gasteiger partial charge on any atom is -0.444 e. The number of hydrogen-bond acceptors (Lipinski definition) is 3. The highest BCUT2D eigenvalue weighted by Crippen LogP contribution is 2.23. The molecule has 1 aromatic heterocycles. The number of aromatic nitrogens is 1. The van der Waals surface area contributed by atoms with Gasteiger partial charge in [-0.05, 0) is 12.1 Å². The molecule has 0 aliphatic rings. The van der Waals surface area contributed by atoms with E-state index in [1.165, 1.54) is 6.39 Å². The van der Waals surface area contributed by atoms with Crippen molar-refractivity contribution in [1.29, 1.82) is 0 Å². The zero-order valence-corrected chi connectivity index (χ0v) is 7.92. The molecule has 4 N–H and O–H groups in total. The number of guanidine groups is 1. The lowest BCUT2D eigenvalue weighted by molar-refractivity contribution is 0.572. The Morgan fingerprint density at radius 2 is 2.20 bits per heavy atom. The topological polar surface area (TPSA) is 90.4 Å². The Kier molecular flexibility index (Phi) is 2.37. The largest absolute Gasteiger partial charge is 0.444 e. The predicted molar refractivity (Wildman–Crippen MR) is 57.4 cm³/mol. The van der Waals surface area contributed by atoms with E-state index in [9.17, 15) is 0 Å². The Hall–Kier alpha value is -2.30. The van der Waals surface area contributed by atoms with Crippen molar-refractivity contribution in [3.05, 3.63) is 36.9 Å². The van der Waals surface area contributed by atoms with Crippen molar-refractivity contribution in [2.75, 3.05) is 0 Å². The zero-order valence-electron chi connectivity index (χ0n) is 7.92. The average Bonchev–Trinajstić information content (AvgIpc) is 2.69. The first-order valence-electron chi connectivity index (χ1n) is 4.34.